The molecule has 0 bridgehead atoms. The van der Waals surface area contributed by atoms with E-state index in [9.17, 15) is 0 Å². The molecule has 5 heteroatoms. The number of nitrogens with zero attached hydrogens (tertiary/aromatic N) is 2. The maximum atomic E-state index is 5.56. The average molecular weight is 286 g/mol. The van der Waals surface area contributed by atoms with Gasteiger partial charge in [0.05, 0.1) is 5.41 Å². The predicted octanol–water partition coefficient (Wildman–Crippen LogP) is 1.79. The third kappa shape index (κ3) is 2.84. The van der Waals surface area contributed by atoms with E-state index in [4.69, 9.17) is 15.5 Å². The molecule has 1 aromatic carbocycles. The fourth-order valence-electron chi connectivity index (χ4n) is 3.01. The molecule has 112 valence electrons. The smallest absolute Gasteiger partial charge is 0.161 e. The fourth-order valence-corrected chi connectivity index (χ4v) is 3.01. The molecule has 1 aromatic heterocycles. The molecule has 0 atom stereocenters. The van der Waals surface area contributed by atoms with E-state index < -0.39 is 0 Å². The van der Waals surface area contributed by atoms with Gasteiger partial charge in [-0.05, 0) is 31.4 Å². The van der Waals surface area contributed by atoms with Gasteiger partial charge in [0.15, 0.2) is 5.82 Å². The molecule has 2 aromatic rings. The fraction of sp³-hybridized carbons (Fsp3) is 0.500. The summed E-state index contributed by atoms with van der Waals surface area (Å²) in [5.74, 6) is 1.82. The third-order valence-electron chi connectivity index (χ3n) is 4.25. The van der Waals surface area contributed by atoms with Gasteiger partial charge in [-0.2, -0.15) is 5.10 Å². The predicted molar refractivity (Wildman–Crippen MR) is 81.0 cm³/mol. The second-order valence-corrected chi connectivity index (χ2v) is 5.56. The minimum Gasteiger partial charge on any atom is -0.381 e. The van der Waals surface area contributed by atoms with Crippen molar-refractivity contribution in [2.24, 2.45) is 5.73 Å². The molecule has 5 nitrogen and oxygen atoms in total. The number of H-pyrrole nitrogens is 1. The topological polar surface area (TPSA) is 76.8 Å². The normalized spacial score (nSPS) is 17.8. The lowest BCUT2D eigenvalue weighted by Crippen LogP contribution is -2.36. The van der Waals surface area contributed by atoms with Crippen molar-refractivity contribution in [2.45, 2.75) is 31.1 Å². The number of nitrogens with one attached hydrogen (secondary N) is 1. The standard InChI is InChI=1S/C16H22N4O/c17-10-4-7-14-18-15(20-19-14)16(8-11-21-12-9-16)13-5-2-1-3-6-13/h1-3,5-6H,4,7-12,17H2,(H,18,19,20). The second-order valence-electron chi connectivity index (χ2n) is 5.56. The second kappa shape index (κ2) is 6.37. The maximum absolute atomic E-state index is 5.56. The number of benzene rings is 1. The number of hydrogen-bond acceptors (Lipinski definition) is 4. The van der Waals surface area contributed by atoms with Crippen LogP contribution in [0.25, 0.3) is 0 Å². The van der Waals surface area contributed by atoms with Crippen LogP contribution in [0, 0.1) is 0 Å². The number of ether oxygens (including phenoxy) is 1. The van der Waals surface area contributed by atoms with Gasteiger partial charge >= 0.3 is 0 Å². The van der Waals surface area contributed by atoms with E-state index in [2.05, 4.69) is 34.5 Å². The summed E-state index contributed by atoms with van der Waals surface area (Å²) in [4.78, 5) is 4.74. The first-order chi connectivity index (χ1) is 10.3. The van der Waals surface area contributed by atoms with Crippen molar-refractivity contribution in [1.82, 2.24) is 15.2 Å². The van der Waals surface area contributed by atoms with Gasteiger partial charge in [0.1, 0.15) is 5.82 Å². The number of aryl methyl sites for hydroxylation is 1. The summed E-state index contributed by atoms with van der Waals surface area (Å²) in [5, 5.41) is 7.58. The van der Waals surface area contributed by atoms with Gasteiger partial charge < -0.3 is 10.5 Å². The Morgan fingerprint density at radius 1 is 1.19 bits per heavy atom. The summed E-state index contributed by atoms with van der Waals surface area (Å²) in [6.45, 7) is 2.18. The van der Waals surface area contributed by atoms with E-state index in [0.29, 0.717) is 6.54 Å². The van der Waals surface area contributed by atoms with Crippen LogP contribution in [0.1, 0.15) is 36.5 Å². The highest BCUT2D eigenvalue weighted by Gasteiger charge is 2.39. The van der Waals surface area contributed by atoms with E-state index in [1.165, 1.54) is 5.56 Å². The lowest BCUT2D eigenvalue weighted by atomic mass is 9.73. The number of hydrogen-bond donors (Lipinski definition) is 2. The number of rotatable bonds is 5. The van der Waals surface area contributed by atoms with Crippen LogP contribution in [-0.2, 0) is 16.6 Å². The van der Waals surface area contributed by atoms with Crippen LogP contribution in [0.5, 0.6) is 0 Å². The first kappa shape index (κ1) is 14.2. The van der Waals surface area contributed by atoms with Crippen molar-refractivity contribution in [3.63, 3.8) is 0 Å². The zero-order valence-corrected chi connectivity index (χ0v) is 12.2. The van der Waals surface area contributed by atoms with Crippen molar-refractivity contribution in [2.75, 3.05) is 19.8 Å². The van der Waals surface area contributed by atoms with Crippen LogP contribution in [0.3, 0.4) is 0 Å². The zero-order valence-electron chi connectivity index (χ0n) is 12.2. The molecule has 1 fully saturated rings. The molecule has 0 saturated carbocycles. The first-order valence-corrected chi connectivity index (χ1v) is 7.60. The molecular weight excluding hydrogens is 264 g/mol. The van der Waals surface area contributed by atoms with Crippen LogP contribution < -0.4 is 5.73 Å². The van der Waals surface area contributed by atoms with Gasteiger partial charge in [-0.3, -0.25) is 5.10 Å². The molecule has 0 aliphatic carbocycles. The Hall–Kier alpha value is -1.72. The highest BCUT2D eigenvalue weighted by atomic mass is 16.5. The monoisotopic (exact) mass is 286 g/mol. The van der Waals surface area contributed by atoms with Crippen LogP contribution in [0.15, 0.2) is 30.3 Å². The van der Waals surface area contributed by atoms with Crippen molar-refractivity contribution in [1.29, 1.82) is 0 Å². The third-order valence-corrected chi connectivity index (χ3v) is 4.25. The molecule has 0 unspecified atom stereocenters. The summed E-state index contributed by atoms with van der Waals surface area (Å²) in [6, 6.07) is 10.5. The van der Waals surface area contributed by atoms with Gasteiger partial charge in [-0.25, -0.2) is 4.98 Å². The number of nitrogens with two attached hydrogens (primary N) is 1. The summed E-state index contributed by atoms with van der Waals surface area (Å²) >= 11 is 0. The average Bonchev–Trinajstić information content (AvgIpc) is 3.04. The van der Waals surface area contributed by atoms with Crippen LogP contribution in [-0.4, -0.2) is 34.9 Å². The van der Waals surface area contributed by atoms with Crippen molar-refractivity contribution in [3.05, 3.63) is 47.5 Å². The van der Waals surface area contributed by atoms with E-state index in [1.54, 1.807) is 0 Å². The Bertz CT molecular complexity index is 561. The molecule has 21 heavy (non-hydrogen) atoms. The van der Waals surface area contributed by atoms with Gasteiger partial charge in [0.25, 0.3) is 0 Å². The Labute approximate surface area is 124 Å². The lowest BCUT2D eigenvalue weighted by molar-refractivity contribution is 0.0605. The van der Waals surface area contributed by atoms with Crippen LogP contribution in [0.2, 0.25) is 0 Å². The minimum absolute atomic E-state index is 0.128. The quantitative estimate of drug-likeness (QED) is 0.878. The Balaban J connectivity index is 1.94. The molecule has 1 aliphatic rings. The summed E-state index contributed by atoms with van der Waals surface area (Å²) in [5.41, 5.74) is 6.71. The molecule has 3 rings (SSSR count). The summed E-state index contributed by atoms with van der Waals surface area (Å²) in [6.07, 6.45) is 3.62. The van der Waals surface area contributed by atoms with Crippen molar-refractivity contribution < 1.29 is 4.74 Å². The Morgan fingerprint density at radius 3 is 2.67 bits per heavy atom. The van der Waals surface area contributed by atoms with Gasteiger partial charge in [0.2, 0.25) is 0 Å². The molecule has 0 radical (unpaired) electrons. The van der Waals surface area contributed by atoms with Crippen molar-refractivity contribution >= 4 is 0 Å². The molecular formula is C16H22N4O. The maximum Gasteiger partial charge on any atom is 0.161 e. The van der Waals surface area contributed by atoms with Crippen molar-refractivity contribution in [3.8, 4) is 0 Å². The molecule has 1 saturated heterocycles. The van der Waals surface area contributed by atoms with Gasteiger partial charge in [-0.15, -0.1) is 0 Å². The van der Waals surface area contributed by atoms with Crippen LogP contribution in [0.4, 0.5) is 0 Å². The SMILES string of the molecule is NCCCc1nc(C2(c3ccccc3)CCOCC2)n[nH]1. The number of aromatic nitrogens is 3. The highest BCUT2D eigenvalue weighted by molar-refractivity contribution is 5.33. The van der Waals surface area contributed by atoms with E-state index in [1.807, 2.05) is 6.07 Å². The number of aromatic amines is 1. The molecule has 2 heterocycles. The van der Waals surface area contributed by atoms with E-state index in [0.717, 1.165) is 50.5 Å². The van der Waals surface area contributed by atoms with E-state index in [-0.39, 0.29) is 5.41 Å². The van der Waals surface area contributed by atoms with E-state index >= 15 is 0 Å². The largest absolute Gasteiger partial charge is 0.381 e. The molecule has 0 amide bonds. The Kier molecular flexibility index (Phi) is 4.31. The van der Waals surface area contributed by atoms with Gasteiger partial charge in [0, 0.05) is 19.6 Å². The van der Waals surface area contributed by atoms with Gasteiger partial charge in [-0.1, -0.05) is 30.3 Å². The molecule has 3 N–H and O–H groups in total. The first-order valence-electron chi connectivity index (χ1n) is 7.60. The zero-order chi connectivity index (χ0) is 14.5. The molecule has 0 spiro atoms. The summed E-state index contributed by atoms with van der Waals surface area (Å²) in [7, 11) is 0. The lowest BCUT2D eigenvalue weighted by Gasteiger charge is -2.35. The van der Waals surface area contributed by atoms with Crippen LogP contribution >= 0.6 is 0 Å². The minimum atomic E-state index is -0.128. The summed E-state index contributed by atoms with van der Waals surface area (Å²) < 4.78 is 5.56. The Morgan fingerprint density at radius 2 is 1.95 bits per heavy atom. The molecule has 1 aliphatic heterocycles. The highest BCUT2D eigenvalue weighted by Crippen LogP contribution is 2.39.